The molecule has 20 heavy (non-hydrogen) atoms. The Morgan fingerprint density at radius 2 is 1.90 bits per heavy atom. The summed E-state index contributed by atoms with van der Waals surface area (Å²) in [5.41, 5.74) is 0.933. The van der Waals surface area contributed by atoms with Gasteiger partial charge in [-0.15, -0.1) is 0 Å². The summed E-state index contributed by atoms with van der Waals surface area (Å²) in [4.78, 5) is 8.71. The molecule has 0 unspecified atom stereocenters. The van der Waals surface area contributed by atoms with E-state index in [1.165, 1.54) is 32.1 Å². The molecule has 0 aliphatic heterocycles. The molecular formula is C16H29N3O. The number of hydrogen-bond acceptors (Lipinski definition) is 4. The van der Waals surface area contributed by atoms with E-state index < -0.39 is 0 Å². The van der Waals surface area contributed by atoms with Crippen molar-refractivity contribution in [3.63, 3.8) is 0 Å². The summed E-state index contributed by atoms with van der Waals surface area (Å²) in [6.45, 7) is 10.0. The Morgan fingerprint density at radius 1 is 1.15 bits per heavy atom. The molecule has 4 nitrogen and oxygen atoms in total. The van der Waals surface area contributed by atoms with Crippen LogP contribution in [-0.4, -0.2) is 23.1 Å². The molecule has 0 radical (unpaired) electrons. The number of unbranched alkanes of at least 4 members (excludes halogenated alkanes) is 3. The Hall–Kier alpha value is -1.32. The fraction of sp³-hybridized carbons (Fsp3) is 0.750. The van der Waals surface area contributed by atoms with Crippen molar-refractivity contribution in [2.24, 2.45) is 5.92 Å². The minimum absolute atomic E-state index is 0.631. The molecule has 0 amide bonds. The fourth-order valence-corrected chi connectivity index (χ4v) is 2.07. The molecule has 0 atom stereocenters. The van der Waals surface area contributed by atoms with Gasteiger partial charge in [-0.3, -0.25) is 0 Å². The van der Waals surface area contributed by atoms with Gasteiger partial charge in [0.15, 0.2) is 0 Å². The molecule has 1 heterocycles. The third-order valence-electron chi connectivity index (χ3n) is 3.11. The molecule has 1 N–H and O–H groups in total. The van der Waals surface area contributed by atoms with Gasteiger partial charge in [-0.2, -0.15) is 4.98 Å². The second-order valence-electron chi connectivity index (χ2n) is 5.63. The Labute approximate surface area is 123 Å². The minimum Gasteiger partial charge on any atom is -0.478 e. The largest absolute Gasteiger partial charge is 0.478 e. The molecule has 0 spiro atoms. The number of hydrogen-bond donors (Lipinski definition) is 1. The number of aromatic nitrogens is 2. The minimum atomic E-state index is 0.631. The van der Waals surface area contributed by atoms with Crippen molar-refractivity contribution in [1.82, 2.24) is 9.97 Å². The van der Waals surface area contributed by atoms with Gasteiger partial charge in [0.05, 0.1) is 6.61 Å². The van der Waals surface area contributed by atoms with Crippen molar-refractivity contribution in [3.05, 3.63) is 11.8 Å². The summed E-state index contributed by atoms with van der Waals surface area (Å²) in [7, 11) is 0. The molecule has 0 saturated carbocycles. The van der Waals surface area contributed by atoms with E-state index in [1.54, 1.807) is 0 Å². The van der Waals surface area contributed by atoms with Crippen LogP contribution in [0.25, 0.3) is 0 Å². The maximum Gasteiger partial charge on any atom is 0.226 e. The fourth-order valence-electron chi connectivity index (χ4n) is 2.07. The molecule has 114 valence electrons. The topological polar surface area (TPSA) is 47.0 Å². The molecule has 1 aromatic heterocycles. The standard InChI is InChI=1S/C16H29N3O/c1-5-20-15-12-14(4)18-16(19-15)17-11-9-7-6-8-10-13(2)3/h12-13H,5-11H2,1-4H3,(H,17,18,19). The van der Waals surface area contributed by atoms with Crippen LogP contribution in [0.3, 0.4) is 0 Å². The average molecular weight is 279 g/mol. The maximum atomic E-state index is 5.42. The second-order valence-corrected chi connectivity index (χ2v) is 5.63. The van der Waals surface area contributed by atoms with E-state index in [1.807, 2.05) is 19.9 Å². The first-order valence-electron chi connectivity index (χ1n) is 7.84. The molecule has 1 rings (SSSR count). The maximum absolute atomic E-state index is 5.42. The van der Waals surface area contributed by atoms with Crippen LogP contribution in [0.2, 0.25) is 0 Å². The van der Waals surface area contributed by atoms with Crippen LogP contribution < -0.4 is 10.1 Å². The molecular weight excluding hydrogens is 250 g/mol. The molecule has 0 fully saturated rings. The number of rotatable bonds is 10. The summed E-state index contributed by atoms with van der Waals surface area (Å²) in [6.07, 6.45) is 6.43. The van der Waals surface area contributed by atoms with E-state index in [-0.39, 0.29) is 0 Å². The van der Waals surface area contributed by atoms with Crippen molar-refractivity contribution in [2.75, 3.05) is 18.5 Å². The van der Waals surface area contributed by atoms with E-state index in [2.05, 4.69) is 29.1 Å². The predicted octanol–water partition coefficient (Wildman–Crippen LogP) is 4.20. The molecule has 0 saturated heterocycles. The average Bonchev–Trinajstić information content (AvgIpc) is 2.37. The van der Waals surface area contributed by atoms with Gasteiger partial charge in [-0.25, -0.2) is 4.98 Å². The summed E-state index contributed by atoms with van der Waals surface area (Å²) < 4.78 is 5.42. The lowest BCUT2D eigenvalue weighted by Gasteiger charge is -2.08. The normalized spacial score (nSPS) is 10.8. The van der Waals surface area contributed by atoms with Crippen LogP contribution in [0.5, 0.6) is 5.88 Å². The summed E-state index contributed by atoms with van der Waals surface area (Å²) in [5.74, 6) is 2.15. The lowest BCUT2D eigenvalue weighted by atomic mass is 10.0. The number of nitrogens with zero attached hydrogens (tertiary/aromatic N) is 2. The van der Waals surface area contributed by atoms with E-state index in [4.69, 9.17) is 4.74 Å². The zero-order valence-corrected chi connectivity index (χ0v) is 13.4. The highest BCUT2D eigenvalue weighted by Gasteiger charge is 2.02. The van der Waals surface area contributed by atoms with Crippen LogP contribution in [-0.2, 0) is 0 Å². The monoisotopic (exact) mass is 279 g/mol. The molecule has 1 aromatic rings. The van der Waals surface area contributed by atoms with Gasteiger partial charge in [0.2, 0.25) is 11.8 Å². The van der Waals surface area contributed by atoms with Crippen LogP contribution in [0.15, 0.2) is 6.07 Å². The van der Waals surface area contributed by atoms with Crippen LogP contribution in [0.4, 0.5) is 5.95 Å². The van der Waals surface area contributed by atoms with Crippen molar-refractivity contribution in [1.29, 1.82) is 0 Å². The van der Waals surface area contributed by atoms with Gasteiger partial charge < -0.3 is 10.1 Å². The van der Waals surface area contributed by atoms with Crippen molar-refractivity contribution in [2.45, 2.75) is 59.8 Å². The number of ether oxygens (including phenoxy) is 1. The smallest absolute Gasteiger partial charge is 0.226 e. The molecule has 0 aromatic carbocycles. The van der Waals surface area contributed by atoms with Crippen molar-refractivity contribution < 1.29 is 4.74 Å². The molecule has 0 bridgehead atoms. The summed E-state index contributed by atoms with van der Waals surface area (Å²) in [5, 5.41) is 3.28. The molecule has 0 aliphatic carbocycles. The van der Waals surface area contributed by atoms with E-state index in [0.29, 0.717) is 18.4 Å². The lowest BCUT2D eigenvalue weighted by molar-refractivity contribution is 0.326. The van der Waals surface area contributed by atoms with E-state index in [9.17, 15) is 0 Å². The number of anilines is 1. The third kappa shape index (κ3) is 7.31. The molecule has 0 aliphatic rings. The number of aryl methyl sites for hydroxylation is 1. The van der Waals surface area contributed by atoms with Crippen LogP contribution in [0, 0.1) is 12.8 Å². The zero-order chi connectivity index (χ0) is 14.8. The highest BCUT2D eigenvalue weighted by atomic mass is 16.5. The summed E-state index contributed by atoms with van der Waals surface area (Å²) in [6, 6.07) is 1.86. The second kappa shape index (κ2) is 9.56. The van der Waals surface area contributed by atoms with Crippen molar-refractivity contribution >= 4 is 5.95 Å². The quantitative estimate of drug-likeness (QED) is 0.652. The SMILES string of the molecule is CCOc1cc(C)nc(NCCCCCCC(C)C)n1. The van der Waals surface area contributed by atoms with Crippen molar-refractivity contribution in [3.8, 4) is 5.88 Å². The van der Waals surface area contributed by atoms with Gasteiger partial charge in [0.25, 0.3) is 0 Å². The van der Waals surface area contributed by atoms with Crippen LogP contribution >= 0.6 is 0 Å². The van der Waals surface area contributed by atoms with Gasteiger partial charge in [0, 0.05) is 18.3 Å². The lowest BCUT2D eigenvalue weighted by Crippen LogP contribution is -2.07. The van der Waals surface area contributed by atoms with E-state index >= 15 is 0 Å². The predicted molar refractivity (Wildman–Crippen MR) is 84.4 cm³/mol. The number of nitrogens with one attached hydrogen (secondary N) is 1. The van der Waals surface area contributed by atoms with Gasteiger partial charge in [-0.1, -0.05) is 39.5 Å². The third-order valence-corrected chi connectivity index (χ3v) is 3.11. The Kier molecular flexibility index (Phi) is 8.00. The highest BCUT2D eigenvalue weighted by Crippen LogP contribution is 2.13. The molecule has 4 heteroatoms. The Morgan fingerprint density at radius 3 is 2.60 bits per heavy atom. The Bertz CT molecular complexity index is 380. The zero-order valence-electron chi connectivity index (χ0n) is 13.4. The van der Waals surface area contributed by atoms with Crippen LogP contribution in [0.1, 0.15) is 58.6 Å². The first-order chi connectivity index (χ1) is 9.61. The first kappa shape index (κ1) is 16.7. The van der Waals surface area contributed by atoms with E-state index in [0.717, 1.165) is 18.2 Å². The van der Waals surface area contributed by atoms with Gasteiger partial charge in [0.1, 0.15) is 0 Å². The summed E-state index contributed by atoms with van der Waals surface area (Å²) >= 11 is 0. The highest BCUT2D eigenvalue weighted by molar-refractivity contribution is 5.30. The first-order valence-corrected chi connectivity index (χ1v) is 7.84. The van der Waals surface area contributed by atoms with Gasteiger partial charge >= 0.3 is 0 Å². The van der Waals surface area contributed by atoms with Gasteiger partial charge in [-0.05, 0) is 26.2 Å². The Balaban J connectivity index is 2.21.